The molecule has 0 saturated heterocycles. The first-order valence-corrected chi connectivity index (χ1v) is 7.46. The summed E-state index contributed by atoms with van der Waals surface area (Å²) in [6, 6.07) is 6.73. The lowest BCUT2D eigenvalue weighted by Gasteiger charge is -2.25. The number of halogens is 2. The number of nitrogens with zero attached hydrogens (tertiary/aromatic N) is 2. The Bertz CT molecular complexity index is 634. The molecule has 114 valence electrons. The number of rotatable bonds is 5. The van der Waals surface area contributed by atoms with Crippen molar-refractivity contribution in [2.24, 2.45) is 5.73 Å². The Labute approximate surface area is 129 Å². The number of aromatic nitrogens is 2. The quantitative estimate of drug-likeness (QED) is 0.918. The maximum Gasteiger partial charge on any atom is 0.126 e. The minimum absolute atomic E-state index is 0.222. The lowest BCUT2D eigenvalue weighted by molar-refractivity contribution is 0.433. The molecule has 0 bridgehead atoms. The smallest absolute Gasteiger partial charge is 0.126 e. The predicted molar refractivity (Wildman–Crippen MR) is 84.0 cm³/mol. The zero-order valence-corrected chi connectivity index (χ0v) is 13.4. The van der Waals surface area contributed by atoms with Crippen LogP contribution in [0.5, 0.6) is 0 Å². The highest BCUT2D eigenvalue weighted by atomic mass is 35.5. The summed E-state index contributed by atoms with van der Waals surface area (Å²) in [5.41, 5.74) is 8.13. The Morgan fingerprint density at radius 3 is 2.62 bits per heavy atom. The first kappa shape index (κ1) is 16.0. The molecular formula is C16H21ClFN3. The van der Waals surface area contributed by atoms with E-state index in [2.05, 4.69) is 5.10 Å². The summed E-state index contributed by atoms with van der Waals surface area (Å²) in [7, 11) is 0. The molecule has 21 heavy (non-hydrogen) atoms. The molecule has 1 aromatic carbocycles. The van der Waals surface area contributed by atoms with Crippen LogP contribution in [-0.2, 0) is 19.4 Å². The molecule has 5 heteroatoms. The topological polar surface area (TPSA) is 43.8 Å². The molecule has 1 heterocycles. The third kappa shape index (κ3) is 3.63. The standard InChI is InChI=1S/C16H21ClFN3/c1-4-21-14(15(17)11(2)20-21)10-16(3,19)9-12-7-5-6-8-13(12)18/h5-8H,4,9-10,19H2,1-3H3. The van der Waals surface area contributed by atoms with E-state index in [1.165, 1.54) is 6.07 Å². The molecule has 1 atom stereocenters. The highest BCUT2D eigenvalue weighted by molar-refractivity contribution is 6.31. The van der Waals surface area contributed by atoms with Gasteiger partial charge in [-0.3, -0.25) is 4.68 Å². The molecule has 0 saturated carbocycles. The lowest BCUT2D eigenvalue weighted by atomic mass is 9.89. The van der Waals surface area contributed by atoms with Crippen molar-refractivity contribution in [1.29, 1.82) is 0 Å². The maximum absolute atomic E-state index is 13.8. The van der Waals surface area contributed by atoms with E-state index in [1.54, 1.807) is 12.1 Å². The first-order chi connectivity index (χ1) is 9.84. The van der Waals surface area contributed by atoms with Gasteiger partial charge in [0.15, 0.2) is 0 Å². The molecule has 1 unspecified atom stereocenters. The van der Waals surface area contributed by atoms with E-state index < -0.39 is 5.54 Å². The summed E-state index contributed by atoms with van der Waals surface area (Å²) in [4.78, 5) is 0. The van der Waals surface area contributed by atoms with Gasteiger partial charge in [0.25, 0.3) is 0 Å². The van der Waals surface area contributed by atoms with E-state index in [4.69, 9.17) is 17.3 Å². The molecule has 0 amide bonds. The fraction of sp³-hybridized carbons (Fsp3) is 0.438. The van der Waals surface area contributed by atoms with Crippen molar-refractivity contribution in [3.8, 4) is 0 Å². The predicted octanol–water partition coefficient (Wildman–Crippen LogP) is 3.51. The maximum atomic E-state index is 13.8. The van der Waals surface area contributed by atoms with Gasteiger partial charge in [-0.1, -0.05) is 29.8 Å². The monoisotopic (exact) mass is 309 g/mol. The molecule has 3 nitrogen and oxygen atoms in total. The Balaban J connectivity index is 2.24. The second kappa shape index (κ2) is 6.16. The van der Waals surface area contributed by atoms with Gasteiger partial charge in [0, 0.05) is 18.5 Å². The SMILES string of the molecule is CCn1nc(C)c(Cl)c1CC(C)(N)Cc1ccccc1F. The van der Waals surface area contributed by atoms with Crippen LogP contribution >= 0.6 is 11.6 Å². The van der Waals surface area contributed by atoms with Crippen molar-refractivity contribution in [3.05, 3.63) is 52.1 Å². The Morgan fingerprint density at radius 2 is 2.00 bits per heavy atom. The fourth-order valence-corrected chi connectivity index (χ4v) is 2.76. The van der Waals surface area contributed by atoms with E-state index in [-0.39, 0.29) is 5.82 Å². The second-order valence-electron chi connectivity index (χ2n) is 5.76. The molecular weight excluding hydrogens is 289 g/mol. The van der Waals surface area contributed by atoms with Crippen LogP contribution in [0.3, 0.4) is 0 Å². The molecule has 0 aliphatic heterocycles. The summed E-state index contributed by atoms with van der Waals surface area (Å²) in [5.74, 6) is -0.222. The summed E-state index contributed by atoms with van der Waals surface area (Å²) in [5, 5.41) is 5.05. The van der Waals surface area contributed by atoms with Gasteiger partial charge in [-0.05, 0) is 38.8 Å². The van der Waals surface area contributed by atoms with Gasteiger partial charge in [-0.25, -0.2) is 4.39 Å². The number of hydrogen-bond donors (Lipinski definition) is 1. The first-order valence-electron chi connectivity index (χ1n) is 7.08. The van der Waals surface area contributed by atoms with Gasteiger partial charge in [-0.15, -0.1) is 0 Å². The molecule has 0 fully saturated rings. The van der Waals surface area contributed by atoms with Crippen LogP contribution in [0.15, 0.2) is 24.3 Å². The average Bonchev–Trinajstić information content (AvgIpc) is 2.68. The highest BCUT2D eigenvalue weighted by Crippen LogP contribution is 2.26. The molecule has 0 aliphatic rings. The molecule has 2 N–H and O–H groups in total. The van der Waals surface area contributed by atoms with Gasteiger partial charge >= 0.3 is 0 Å². The van der Waals surface area contributed by atoms with Gasteiger partial charge < -0.3 is 5.73 Å². The lowest BCUT2D eigenvalue weighted by Crippen LogP contribution is -2.41. The van der Waals surface area contributed by atoms with Crippen LogP contribution in [0.25, 0.3) is 0 Å². The highest BCUT2D eigenvalue weighted by Gasteiger charge is 2.25. The molecule has 0 spiro atoms. The van der Waals surface area contributed by atoms with Crippen LogP contribution in [0.4, 0.5) is 4.39 Å². The van der Waals surface area contributed by atoms with Gasteiger partial charge in [0.05, 0.1) is 16.4 Å². The zero-order valence-electron chi connectivity index (χ0n) is 12.7. The Morgan fingerprint density at radius 1 is 1.33 bits per heavy atom. The molecule has 0 aliphatic carbocycles. The van der Waals surface area contributed by atoms with Crippen molar-refractivity contribution in [1.82, 2.24) is 9.78 Å². The van der Waals surface area contributed by atoms with E-state index in [0.29, 0.717) is 23.4 Å². The summed E-state index contributed by atoms with van der Waals surface area (Å²) in [6.45, 7) is 6.54. The van der Waals surface area contributed by atoms with E-state index in [9.17, 15) is 4.39 Å². The van der Waals surface area contributed by atoms with Gasteiger partial charge in [0.2, 0.25) is 0 Å². The number of aryl methyl sites for hydroxylation is 2. The third-order valence-corrected chi connectivity index (χ3v) is 4.07. The van der Waals surface area contributed by atoms with E-state index in [1.807, 2.05) is 31.5 Å². The molecule has 1 aromatic heterocycles. The largest absolute Gasteiger partial charge is 0.325 e. The van der Waals surface area contributed by atoms with Crippen molar-refractivity contribution in [2.75, 3.05) is 0 Å². The summed E-state index contributed by atoms with van der Waals surface area (Å²) >= 11 is 6.32. The molecule has 2 aromatic rings. The number of hydrogen-bond acceptors (Lipinski definition) is 2. The molecule has 0 radical (unpaired) electrons. The van der Waals surface area contributed by atoms with E-state index >= 15 is 0 Å². The van der Waals surface area contributed by atoms with Crippen molar-refractivity contribution in [2.45, 2.75) is 45.7 Å². The van der Waals surface area contributed by atoms with Crippen molar-refractivity contribution in [3.63, 3.8) is 0 Å². The van der Waals surface area contributed by atoms with Crippen LogP contribution in [0, 0.1) is 12.7 Å². The molecule has 2 rings (SSSR count). The third-order valence-electron chi connectivity index (χ3n) is 3.58. The Kier molecular flexibility index (Phi) is 4.69. The van der Waals surface area contributed by atoms with Gasteiger partial charge in [0.1, 0.15) is 5.82 Å². The minimum atomic E-state index is -0.592. The van der Waals surface area contributed by atoms with Gasteiger partial charge in [-0.2, -0.15) is 5.10 Å². The number of benzene rings is 1. The fourth-order valence-electron chi connectivity index (χ4n) is 2.56. The normalized spacial score (nSPS) is 14.2. The minimum Gasteiger partial charge on any atom is -0.325 e. The van der Waals surface area contributed by atoms with E-state index in [0.717, 1.165) is 17.9 Å². The zero-order chi connectivity index (χ0) is 15.6. The van der Waals surface area contributed by atoms with Crippen LogP contribution in [0.2, 0.25) is 5.02 Å². The Hall–Kier alpha value is -1.39. The average molecular weight is 310 g/mol. The summed E-state index contributed by atoms with van der Waals surface area (Å²) in [6.07, 6.45) is 0.999. The van der Waals surface area contributed by atoms with Crippen LogP contribution in [-0.4, -0.2) is 15.3 Å². The second-order valence-corrected chi connectivity index (χ2v) is 6.14. The summed E-state index contributed by atoms with van der Waals surface area (Å²) < 4.78 is 15.7. The van der Waals surface area contributed by atoms with Crippen LogP contribution < -0.4 is 5.73 Å². The van der Waals surface area contributed by atoms with Crippen LogP contribution in [0.1, 0.15) is 30.8 Å². The van der Waals surface area contributed by atoms with Crippen molar-refractivity contribution < 1.29 is 4.39 Å². The van der Waals surface area contributed by atoms with Crippen molar-refractivity contribution >= 4 is 11.6 Å². The number of nitrogens with two attached hydrogens (primary N) is 1.